The van der Waals surface area contributed by atoms with Gasteiger partial charge in [0.15, 0.2) is 6.10 Å². The summed E-state index contributed by atoms with van der Waals surface area (Å²) in [6.45, 7) is 0. The lowest BCUT2D eigenvalue weighted by atomic mass is 10.1. The first kappa shape index (κ1) is 23.7. The normalized spacial score (nSPS) is 11.2. The predicted molar refractivity (Wildman–Crippen MR) is 117 cm³/mol. The van der Waals surface area contributed by atoms with Crippen LogP contribution in [0.1, 0.15) is 17.4 Å². The van der Waals surface area contributed by atoms with Crippen LogP contribution in [0.25, 0.3) is 10.9 Å². The molecule has 34 heavy (non-hydrogen) atoms. The zero-order valence-electron chi connectivity index (χ0n) is 17.2. The molecular weight excluding hydrogens is 448 g/mol. The van der Waals surface area contributed by atoms with Gasteiger partial charge in [0, 0.05) is 17.5 Å². The van der Waals surface area contributed by atoms with Gasteiger partial charge in [-0.1, -0.05) is 42.5 Å². The number of aliphatic hydroxyl groups excluding tert-OH is 1. The van der Waals surface area contributed by atoms with Crippen molar-refractivity contribution in [1.29, 1.82) is 0 Å². The zero-order chi connectivity index (χ0) is 24.8. The van der Waals surface area contributed by atoms with Crippen LogP contribution in [0, 0.1) is 30.3 Å². The van der Waals surface area contributed by atoms with E-state index in [1.165, 1.54) is 0 Å². The number of nitrogens with zero attached hydrogens (tertiary/aromatic N) is 3. The van der Waals surface area contributed by atoms with Gasteiger partial charge in [0.1, 0.15) is 0 Å². The number of pyridine rings is 1. The highest BCUT2D eigenvalue weighted by atomic mass is 16.6. The molecular formula is C22H16N4O8. The number of aromatic nitrogens is 1. The Balaban J connectivity index is 0.000000192. The first-order chi connectivity index (χ1) is 16.2. The molecule has 2 N–H and O–H groups in total. The topological polar surface area (TPSA) is 187 Å². The molecule has 0 aliphatic heterocycles. The molecule has 0 amide bonds. The Kier molecular flexibility index (Phi) is 7.04. The maximum Gasteiger partial charge on any atom is 0.283 e. The summed E-state index contributed by atoms with van der Waals surface area (Å²) in [5, 5.41) is 53.6. The number of nitrogens with one attached hydrogen (secondary N) is 1. The molecule has 12 nitrogen and oxygen atoms in total. The molecule has 12 heteroatoms. The van der Waals surface area contributed by atoms with Crippen molar-refractivity contribution in [2.45, 2.75) is 6.10 Å². The van der Waals surface area contributed by atoms with Crippen LogP contribution >= 0.6 is 0 Å². The quantitative estimate of drug-likeness (QED) is 0.344. The van der Waals surface area contributed by atoms with E-state index in [2.05, 4.69) is 4.98 Å². The molecule has 0 aliphatic rings. The fourth-order valence-corrected chi connectivity index (χ4v) is 3.07. The van der Waals surface area contributed by atoms with Crippen LogP contribution in [0.3, 0.4) is 0 Å². The average molecular weight is 464 g/mol. The standard InChI is InChI=1S/C16H13NO.C6H3N3O7/c18-16(13-7-2-1-3-8-13)15-11-10-12-6-4-5-9-14(12)17-15;10-6-4(8(13)14)1-3(7(11)12)2-5(6)9(15)16/h1-11,16,18H;1-2,10H. The van der Waals surface area contributed by atoms with Crippen molar-refractivity contribution in [1.82, 2.24) is 0 Å². The van der Waals surface area contributed by atoms with E-state index in [4.69, 9.17) is 0 Å². The Morgan fingerprint density at radius 3 is 1.85 bits per heavy atom. The number of fused-ring (bicyclic) bond motifs is 1. The number of rotatable bonds is 5. The number of nitro benzene ring substituents is 3. The first-order valence-corrected chi connectivity index (χ1v) is 9.61. The number of non-ortho nitro benzene ring substituents is 1. The molecule has 4 rings (SSSR count). The average Bonchev–Trinajstić information content (AvgIpc) is 2.83. The van der Waals surface area contributed by atoms with Crippen LogP contribution in [0.4, 0.5) is 17.1 Å². The van der Waals surface area contributed by atoms with Crippen molar-refractivity contribution in [3.8, 4) is 5.75 Å². The van der Waals surface area contributed by atoms with E-state index >= 15 is 0 Å². The van der Waals surface area contributed by atoms with E-state index in [1.807, 2.05) is 66.7 Å². The maximum atomic E-state index is 11.1. The molecule has 0 fully saturated rings. The molecule has 1 aromatic heterocycles. The molecule has 0 spiro atoms. The number of nitro groups is 3. The van der Waals surface area contributed by atoms with Gasteiger partial charge in [-0.15, -0.1) is 0 Å². The molecule has 0 bridgehead atoms. The summed E-state index contributed by atoms with van der Waals surface area (Å²) in [6.07, 6.45) is -0.615. The molecule has 0 radical (unpaired) electrons. The van der Waals surface area contributed by atoms with Gasteiger partial charge in [-0.3, -0.25) is 30.3 Å². The van der Waals surface area contributed by atoms with Gasteiger partial charge in [0.25, 0.3) is 17.1 Å². The highest BCUT2D eigenvalue weighted by Crippen LogP contribution is 2.36. The third-order valence-electron chi connectivity index (χ3n) is 4.73. The lowest BCUT2D eigenvalue weighted by Crippen LogP contribution is -2.16. The van der Waals surface area contributed by atoms with Crippen LogP contribution in [0.5, 0.6) is 5.75 Å². The van der Waals surface area contributed by atoms with Crippen molar-refractivity contribution in [2.24, 2.45) is 0 Å². The Morgan fingerprint density at radius 2 is 1.29 bits per heavy atom. The lowest BCUT2D eigenvalue weighted by Gasteiger charge is -2.06. The number of H-pyrrole nitrogens is 1. The third kappa shape index (κ3) is 5.26. The van der Waals surface area contributed by atoms with Gasteiger partial charge < -0.3 is 10.2 Å². The summed E-state index contributed by atoms with van der Waals surface area (Å²) >= 11 is 0. The minimum absolute atomic E-state index is 0.384. The molecule has 4 aromatic rings. The highest BCUT2D eigenvalue weighted by molar-refractivity contribution is 5.75. The van der Waals surface area contributed by atoms with E-state index in [-0.39, 0.29) is 0 Å². The van der Waals surface area contributed by atoms with Crippen LogP contribution < -0.4 is 10.1 Å². The summed E-state index contributed by atoms with van der Waals surface area (Å²) in [7, 11) is 0. The molecule has 1 unspecified atom stereocenters. The van der Waals surface area contributed by atoms with Gasteiger partial charge in [0.05, 0.1) is 32.7 Å². The molecule has 172 valence electrons. The third-order valence-corrected chi connectivity index (χ3v) is 4.73. The smallest absolute Gasteiger partial charge is 0.283 e. The second kappa shape index (κ2) is 10.1. The predicted octanol–water partition coefficient (Wildman–Crippen LogP) is 3.22. The van der Waals surface area contributed by atoms with Crippen LogP contribution in [0.15, 0.2) is 78.9 Å². The second-order valence-electron chi connectivity index (χ2n) is 6.90. The molecule has 3 aromatic carbocycles. The summed E-state index contributed by atoms with van der Waals surface area (Å²) in [5.74, 6) is -1.46. The van der Waals surface area contributed by atoms with E-state index < -0.39 is 43.7 Å². The molecule has 0 aliphatic carbocycles. The first-order valence-electron chi connectivity index (χ1n) is 9.61. The Morgan fingerprint density at radius 1 is 0.735 bits per heavy atom. The number of aliphatic hydroxyl groups is 1. The summed E-state index contributed by atoms with van der Waals surface area (Å²) in [5.41, 5.74) is -0.534. The lowest BCUT2D eigenvalue weighted by molar-refractivity contribution is -0.420. The summed E-state index contributed by atoms with van der Waals surface area (Å²) in [6, 6.07) is 22.4. The van der Waals surface area contributed by atoms with Crippen molar-refractivity contribution in [3.63, 3.8) is 0 Å². The minimum Gasteiger partial charge on any atom is -0.863 e. The fraction of sp³-hybridized carbons (Fsp3) is 0.0455. The van der Waals surface area contributed by atoms with Crippen molar-refractivity contribution >= 4 is 28.0 Å². The second-order valence-corrected chi connectivity index (χ2v) is 6.90. The van der Waals surface area contributed by atoms with Gasteiger partial charge in [0.2, 0.25) is 11.2 Å². The number of hydrogen-bond acceptors (Lipinski definition) is 8. The summed E-state index contributed by atoms with van der Waals surface area (Å²) < 4.78 is 0. The SMILES string of the molecule is O=[N+]([O-])c1cc([N+](=O)[O-])c([O-])c([N+](=O)[O-])c1.OC(c1ccccc1)c1ccc2ccccc2[nH+]1. The van der Waals surface area contributed by atoms with Gasteiger partial charge >= 0.3 is 0 Å². The molecule has 1 heterocycles. The number of hydrogen-bond donors (Lipinski definition) is 1. The monoisotopic (exact) mass is 464 g/mol. The van der Waals surface area contributed by atoms with E-state index in [9.17, 15) is 40.6 Å². The Hall–Kier alpha value is -4.97. The Bertz CT molecular complexity index is 1340. The highest BCUT2D eigenvalue weighted by Gasteiger charge is 2.24. The van der Waals surface area contributed by atoms with E-state index in [0.717, 1.165) is 22.2 Å². The number of para-hydroxylation sites is 1. The maximum absolute atomic E-state index is 11.1. The molecule has 0 saturated carbocycles. The summed E-state index contributed by atoms with van der Waals surface area (Å²) in [4.78, 5) is 30.8. The van der Waals surface area contributed by atoms with Crippen molar-refractivity contribution in [2.75, 3.05) is 0 Å². The van der Waals surface area contributed by atoms with Crippen LogP contribution in [-0.4, -0.2) is 19.9 Å². The van der Waals surface area contributed by atoms with E-state index in [0.29, 0.717) is 12.1 Å². The fourth-order valence-electron chi connectivity index (χ4n) is 3.07. The van der Waals surface area contributed by atoms with E-state index in [1.54, 1.807) is 0 Å². The Labute approximate surface area is 190 Å². The largest absolute Gasteiger partial charge is 0.863 e. The molecule has 0 saturated heterocycles. The number of benzene rings is 3. The van der Waals surface area contributed by atoms with Gasteiger partial charge in [-0.25, -0.2) is 4.98 Å². The van der Waals surface area contributed by atoms with Crippen LogP contribution in [-0.2, 0) is 0 Å². The van der Waals surface area contributed by atoms with Crippen molar-refractivity contribution < 1.29 is 30.0 Å². The van der Waals surface area contributed by atoms with Crippen molar-refractivity contribution in [3.05, 3.63) is 120 Å². The molecule has 1 atom stereocenters. The van der Waals surface area contributed by atoms with Gasteiger partial charge in [-0.2, -0.15) is 0 Å². The zero-order valence-corrected chi connectivity index (χ0v) is 17.2. The van der Waals surface area contributed by atoms with Gasteiger partial charge in [-0.05, 0) is 17.7 Å². The van der Waals surface area contributed by atoms with Crippen LogP contribution in [0.2, 0.25) is 0 Å². The number of aromatic amines is 1. The minimum atomic E-state index is -1.46.